The third kappa shape index (κ3) is 7.38. The number of anilines is 1. The quantitative estimate of drug-likeness (QED) is 0.214. The molecule has 1 aliphatic rings. The number of nitrogens with one attached hydrogen (secondary N) is 2. The lowest BCUT2D eigenvalue weighted by Crippen LogP contribution is -2.27. The van der Waals surface area contributed by atoms with Crippen LogP contribution in [0.3, 0.4) is 0 Å². The number of amides is 1. The Bertz CT molecular complexity index is 1470. The maximum atomic E-state index is 13.2. The van der Waals surface area contributed by atoms with Gasteiger partial charge in [0.05, 0.1) is 30.3 Å². The van der Waals surface area contributed by atoms with Crippen molar-refractivity contribution in [3.05, 3.63) is 95.1 Å². The van der Waals surface area contributed by atoms with Gasteiger partial charge in [0.25, 0.3) is 0 Å². The number of fused-ring (bicyclic) bond motifs is 1. The minimum absolute atomic E-state index is 0.210. The minimum Gasteiger partial charge on any atom is -0.465 e. The molecule has 0 aliphatic carbocycles. The van der Waals surface area contributed by atoms with Gasteiger partial charge in [-0.2, -0.15) is 0 Å². The molecule has 1 heterocycles. The van der Waals surface area contributed by atoms with Gasteiger partial charge >= 0.3 is 5.97 Å². The smallest absolute Gasteiger partial charge is 0.337 e. The number of aliphatic imine (C=N–C) groups is 1. The summed E-state index contributed by atoms with van der Waals surface area (Å²) in [7, 11) is 0.134. The van der Waals surface area contributed by atoms with Crippen LogP contribution in [0.25, 0.3) is 0 Å². The van der Waals surface area contributed by atoms with Gasteiger partial charge < -0.3 is 15.0 Å². The van der Waals surface area contributed by atoms with Crippen molar-refractivity contribution >= 4 is 39.0 Å². The Balaban J connectivity index is 1.55. The zero-order valence-electron chi connectivity index (χ0n) is 22.2. The maximum absolute atomic E-state index is 13.2. The van der Waals surface area contributed by atoms with Gasteiger partial charge in [-0.1, -0.05) is 48.5 Å². The van der Waals surface area contributed by atoms with Crippen LogP contribution in [0.4, 0.5) is 11.4 Å². The summed E-state index contributed by atoms with van der Waals surface area (Å²) in [6, 6.07) is 22.5. The van der Waals surface area contributed by atoms with Crippen LogP contribution in [-0.4, -0.2) is 64.4 Å². The van der Waals surface area contributed by atoms with Crippen molar-refractivity contribution in [3.8, 4) is 0 Å². The molecular weight excluding hydrogens is 516 g/mol. The van der Waals surface area contributed by atoms with Gasteiger partial charge in [0, 0.05) is 18.8 Å². The normalized spacial score (nSPS) is 15.2. The molecular formula is C29H32N4O5S. The SMILES string of the molecule is COC(=O)c1ccc2c(c1)NC(=O)C2C(=Nc1ccc(CN(C)CCCNS(C)(=O)=O)cc1)c1ccccc1. The fourth-order valence-corrected chi connectivity index (χ4v) is 5.01. The molecule has 1 amide bonds. The number of hydrogen-bond acceptors (Lipinski definition) is 7. The standard InChI is InChI=1S/C29H32N4O5S/c1-33(17-7-16-30-39(3,36)37)19-20-10-13-23(14-11-20)31-27(21-8-5-4-6-9-21)26-24-15-12-22(29(35)38-2)18-25(24)32-28(26)34/h4-6,8-15,18,26,30H,7,16-17,19H2,1-3H3,(H,32,34). The summed E-state index contributed by atoms with van der Waals surface area (Å²) in [5.41, 5.74) is 4.93. The molecule has 0 fully saturated rings. The molecule has 39 heavy (non-hydrogen) atoms. The Morgan fingerprint density at radius 2 is 1.77 bits per heavy atom. The minimum atomic E-state index is -3.17. The molecule has 1 atom stereocenters. The van der Waals surface area contributed by atoms with E-state index in [0.717, 1.165) is 29.5 Å². The lowest BCUT2D eigenvalue weighted by Gasteiger charge is -2.17. The first-order valence-corrected chi connectivity index (χ1v) is 14.4. The molecule has 0 radical (unpaired) electrons. The molecule has 10 heteroatoms. The molecule has 2 N–H and O–H groups in total. The Morgan fingerprint density at radius 3 is 2.44 bits per heavy atom. The Labute approximate surface area is 229 Å². The summed E-state index contributed by atoms with van der Waals surface area (Å²) in [4.78, 5) is 32.2. The van der Waals surface area contributed by atoms with Crippen LogP contribution in [-0.2, 0) is 26.1 Å². The number of nitrogens with zero attached hydrogens (tertiary/aromatic N) is 2. The summed E-state index contributed by atoms with van der Waals surface area (Å²) < 4.78 is 29.7. The summed E-state index contributed by atoms with van der Waals surface area (Å²) in [5, 5.41) is 2.89. The monoisotopic (exact) mass is 548 g/mol. The summed E-state index contributed by atoms with van der Waals surface area (Å²) in [6.45, 7) is 1.85. The van der Waals surface area contributed by atoms with E-state index in [1.54, 1.807) is 18.2 Å². The molecule has 9 nitrogen and oxygen atoms in total. The van der Waals surface area contributed by atoms with E-state index in [1.165, 1.54) is 7.11 Å². The third-order valence-corrected chi connectivity index (χ3v) is 7.10. The molecule has 0 aromatic heterocycles. The number of methoxy groups -OCH3 is 1. The van der Waals surface area contributed by atoms with Crippen LogP contribution >= 0.6 is 0 Å². The third-order valence-electron chi connectivity index (χ3n) is 6.37. The number of carbonyl (C=O) groups excluding carboxylic acids is 2. The second-order valence-electron chi connectivity index (χ2n) is 9.50. The maximum Gasteiger partial charge on any atom is 0.337 e. The second-order valence-corrected chi connectivity index (χ2v) is 11.3. The Morgan fingerprint density at radius 1 is 1.05 bits per heavy atom. The van der Waals surface area contributed by atoms with Gasteiger partial charge in [0.15, 0.2) is 0 Å². The molecule has 3 aromatic carbocycles. The number of esters is 1. The van der Waals surface area contributed by atoms with Gasteiger partial charge in [0.2, 0.25) is 15.9 Å². The van der Waals surface area contributed by atoms with E-state index >= 15 is 0 Å². The second kappa shape index (κ2) is 12.3. The molecule has 4 rings (SSSR count). The molecule has 0 saturated heterocycles. The molecule has 3 aromatic rings. The number of rotatable bonds is 11. The topological polar surface area (TPSA) is 117 Å². The molecule has 1 aliphatic heterocycles. The first-order valence-electron chi connectivity index (χ1n) is 12.5. The zero-order valence-corrected chi connectivity index (χ0v) is 23.0. The van der Waals surface area contributed by atoms with Crippen molar-refractivity contribution in [2.24, 2.45) is 4.99 Å². The molecule has 1 unspecified atom stereocenters. The Kier molecular flexibility index (Phi) is 8.90. The predicted molar refractivity (Wildman–Crippen MR) is 152 cm³/mol. The van der Waals surface area contributed by atoms with Crippen LogP contribution in [0.2, 0.25) is 0 Å². The zero-order chi connectivity index (χ0) is 28.0. The first-order chi connectivity index (χ1) is 18.6. The highest BCUT2D eigenvalue weighted by Crippen LogP contribution is 2.37. The van der Waals surface area contributed by atoms with Crippen LogP contribution in [0.15, 0.2) is 77.8 Å². The van der Waals surface area contributed by atoms with Crippen LogP contribution in [0.1, 0.15) is 39.4 Å². The van der Waals surface area contributed by atoms with Gasteiger partial charge in [-0.25, -0.2) is 17.9 Å². The summed E-state index contributed by atoms with van der Waals surface area (Å²) >= 11 is 0. The average Bonchev–Trinajstić information content (AvgIpc) is 3.24. The summed E-state index contributed by atoms with van der Waals surface area (Å²) in [5.74, 6) is -1.32. The van der Waals surface area contributed by atoms with Gasteiger partial charge in [-0.3, -0.25) is 9.79 Å². The Hall–Kier alpha value is -3.86. The fourth-order valence-electron chi connectivity index (χ4n) is 4.50. The average molecular weight is 549 g/mol. The van der Waals surface area contributed by atoms with Crippen molar-refractivity contribution in [2.75, 3.05) is 38.8 Å². The van der Waals surface area contributed by atoms with E-state index in [4.69, 9.17) is 9.73 Å². The van der Waals surface area contributed by atoms with Crippen molar-refractivity contribution in [3.63, 3.8) is 0 Å². The highest BCUT2D eigenvalue weighted by molar-refractivity contribution is 7.88. The van der Waals surface area contributed by atoms with E-state index in [9.17, 15) is 18.0 Å². The van der Waals surface area contributed by atoms with E-state index in [0.29, 0.717) is 42.2 Å². The van der Waals surface area contributed by atoms with Crippen molar-refractivity contribution in [1.82, 2.24) is 9.62 Å². The predicted octanol–water partition coefficient (Wildman–Crippen LogP) is 3.70. The number of carbonyl (C=O) groups is 2. The fraction of sp³-hybridized carbons (Fsp3) is 0.276. The van der Waals surface area contributed by atoms with Crippen LogP contribution in [0, 0.1) is 0 Å². The van der Waals surface area contributed by atoms with Gasteiger partial charge in [0.1, 0.15) is 5.92 Å². The summed E-state index contributed by atoms with van der Waals surface area (Å²) in [6.07, 6.45) is 1.86. The number of ether oxygens (including phenoxy) is 1. The molecule has 0 bridgehead atoms. The molecule has 0 spiro atoms. The van der Waals surface area contributed by atoms with Crippen molar-refractivity contribution in [1.29, 1.82) is 0 Å². The van der Waals surface area contributed by atoms with Crippen LogP contribution < -0.4 is 10.0 Å². The van der Waals surface area contributed by atoms with Gasteiger partial charge in [-0.15, -0.1) is 0 Å². The van der Waals surface area contributed by atoms with E-state index < -0.39 is 21.9 Å². The lowest BCUT2D eigenvalue weighted by atomic mass is 9.90. The number of hydrogen-bond donors (Lipinski definition) is 2. The van der Waals surface area contributed by atoms with E-state index in [2.05, 4.69) is 14.9 Å². The van der Waals surface area contributed by atoms with Gasteiger partial charge in [-0.05, 0) is 61.0 Å². The highest BCUT2D eigenvalue weighted by Gasteiger charge is 2.36. The lowest BCUT2D eigenvalue weighted by molar-refractivity contribution is -0.115. The van der Waals surface area contributed by atoms with Crippen molar-refractivity contribution in [2.45, 2.75) is 18.9 Å². The number of sulfonamides is 1. The first kappa shape index (κ1) is 28.2. The van der Waals surface area contributed by atoms with E-state index in [1.807, 2.05) is 61.6 Å². The molecule has 0 saturated carbocycles. The van der Waals surface area contributed by atoms with Crippen LogP contribution in [0.5, 0.6) is 0 Å². The number of benzene rings is 3. The molecule has 204 valence electrons. The van der Waals surface area contributed by atoms with E-state index in [-0.39, 0.29) is 5.91 Å². The van der Waals surface area contributed by atoms with Crippen molar-refractivity contribution < 1.29 is 22.7 Å². The highest BCUT2D eigenvalue weighted by atomic mass is 32.2. The largest absolute Gasteiger partial charge is 0.465 e.